The first kappa shape index (κ1) is 13.0. The van der Waals surface area contributed by atoms with Gasteiger partial charge in [0, 0.05) is 22.9 Å². The maximum atomic E-state index is 9.42. The van der Waals surface area contributed by atoms with Gasteiger partial charge in [-0.05, 0) is 28.5 Å². The average Bonchev–Trinajstić information content (AvgIpc) is 2.88. The standard InChI is InChI=1S/C16H15NO2S/c17-8-11-3-1-6-15-12(10-20-16(11)15)9-19-14-5-2-4-13(18)7-14/h1-7,10,18H,8-9,17H2. The Balaban J connectivity index is 1.85. The highest BCUT2D eigenvalue weighted by Gasteiger charge is 2.07. The van der Waals surface area contributed by atoms with Crippen molar-refractivity contribution in [1.82, 2.24) is 0 Å². The Labute approximate surface area is 121 Å². The average molecular weight is 285 g/mol. The zero-order valence-corrected chi connectivity index (χ0v) is 11.7. The molecule has 20 heavy (non-hydrogen) atoms. The number of nitrogens with two attached hydrogens (primary N) is 1. The summed E-state index contributed by atoms with van der Waals surface area (Å²) in [5.41, 5.74) is 8.06. The van der Waals surface area contributed by atoms with Crippen LogP contribution in [0.15, 0.2) is 47.8 Å². The number of rotatable bonds is 4. The molecule has 0 saturated heterocycles. The minimum absolute atomic E-state index is 0.211. The first-order chi connectivity index (χ1) is 9.78. The molecular weight excluding hydrogens is 270 g/mol. The third kappa shape index (κ3) is 2.48. The maximum Gasteiger partial charge on any atom is 0.123 e. The fourth-order valence-corrected chi connectivity index (χ4v) is 3.26. The second-order valence-corrected chi connectivity index (χ2v) is 5.42. The fraction of sp³-hybridized carbons (Fsp3) is 0.125. The highest BCUT2D eigenvalue weighted by atomic mass is 32.1. The lowest BCUT2D eigenvalue weighted by Crippen LogP contribution is -1.97. The van der Waals surface area contributed by atoms with Crippen LogP contribution in [0.25, 0.3) is 10.1 Å². The van der Waals surface area contributed by atoms with E-state index in [1.807, 2.05) is 12.1 Å². The van der Waals surface area contributed by atoms with Crippen LogP contribution in [0.4, 0.5) is 0 Å². The van der Waals surface area contributed by atoms with Crippen LogP contribution >= 0.6 is 11.3 Å². The zero-order chi connectivity index (χ0) is 13.9. The Kier molecular flexibility index (Phi) is 3.58. The number of fused-ring (bicyclic) bond motifs is 1. The molecule has 3 nitrogen and oxygen atoms in total. The van der Waals surface area contributed by atoms with E-state index >= 15 is 0 Å². The summed E-state index contributed by atoms with van der Waals surface area (Å²) in [5.74, 6) is 0.877. The minimum Gasteiger partial charge on any atom is -0.508 e. The molecule has 0 bridgehead atoms. The lowest BCUT2D eigenvalue weighted by molar-refractivity contribution is 0.306. The smallest absolute Gasteiger partial charge is 0.123 e. The van der Waals surface area contributed by atoms with Crippen LogP contribution in [-0.2, 0) is 13.2 Å². The van der Waals surface area contributed by atoms with Crippen molar-refractivity contribution >= 4 is 21.4 Å². The maximum absolute atomic E-state index is 9.42. The number of hydrogen-bond acceptors (Lipinski definition) is 4. The number of phenolic OH excluding ortho intramolecular Hbond substituents is 1. The Bertz CT molecular complexity index is 736. The second-order valence-electron chi connectivity index (χ2n) is 4.54. The molecule has 2 aromatic carbocycles. The Hall–Kier alpha value is -2.04. The van der Waals surface area contributed by atoms with Gasteiger partial charge >= 0.3 is 0 Å². The molecule has 0 aliphatic rings. The molecule has 0 aliphatic carbocycles. The van der Waals surface area contributed by atoms with E-state index in [4.69, 9.17) is 10.5 Å². The summed E-state index contributed by atoms with van der Waals surface area (Å²) in [6, 6.07) is 13.0. The number of thiophene rings is 1. The van der Waals surface area contributed by atoms with Crippen molar-refractivity contribution in [2.75, 3.05) is 0 Å². The molecule has 1 aromatic heterocycles. The molecule has 0 amide bonds. The highest BCUT2D eigenvalue weighted by molar-refractivity contribution is 7.17. The van der Waals surface area contributed by atoms with E-state index in [2.05, 4.69) is 17.5 Å². The normalized spacial score (nSPS) is 10.8. The first-order valence-electron chi connectivity index (χ1n) is 6.38. The zero-order valence-electron chi connectivity index (χ0n) is 10.9. The molecule has 102 valence electrons. The summed E-state index contributed by atoms with van der Waals surface area (Å²) in [7, 11) is 0. The highest BCUT2D eigenvalue weighted by Crippen LogP contribution is 2.30. The molecule has 3 rings (SSSR count). The molecule has 4 heteroatoms. The van der Waals surface area contributed by atoms with Gasteiger partial charge in [-0.15, -0.1) is 11.3 Å². The topological polar surface area (TPSA) is 55.5 Å². The molecule has 3 N–H and O–H groups in total. The summed E-state index contributed by atoms with van der Waals surface area (Å²) in [6.45, 7) is 1.03. The van der Waals surface area contributed by atoms with Gasteiger partial charge in [0.15, 0.2) is 0 Å². The third-order valence-corrected chi connectivity index (χ3v) is 4.31. The van der Waals surface area contributed by atoms with Crippen LogP contribution in [0, 0.1) is 0 Å². The third-order valence-electron chi connectivity index (χ3n) is 3.19. The number of benzene rings is 2. The minimum atomic E-state index is 0.211. The predicted octanol–water partition coefficient (Wildman–Crippen LogP) is 3.64. The van der Waals surface area contributed by atoms with Crippen molar-refractivity contribution in [2.24, 2.45) is 5.73 Å². The van der Waals surface area contributed by atoms with Crippen molar-refractivity contribution in [3.63, 3.8) is 0 Å². The summed E-state index contributed by atoms with van der Waals surface area (Å²) < 4.78 is 6.95. The van der Waals surface area contributed by atoms with E-state index in [1.54, 1.807) is 29.5 Å². The molecule has 1 heterocycles. The monoisotopic (exact) mass is 285 g/mol. The van der Waals surface area contributed by atoms with Gasteiger partial charge in [0.2, 0.25) is 0 Å². The van der Waals surface area contributed by atoms with Crippen LogP contribution in [0.3, 0.4) is 0 Å². The van der Waals surface area contributed by atoms with Gasteiger partial charge in [-0.1, -0.05) is 24.3 Å². The van der Waals surface area contributed by atoms with Gasteiger partial charge in [0.25, 0.3) is 0 Å². The van der Waals surface area contributed by atoms with Crippen LogP contribution in [0.2, 0.25) is 0 Å². The first-order valence-corrected chi connectivity index (χ1v) is 7.26. The molecule has 0 radical (unpaired) electrons. The van der Waals surface area contributed by atoms with Crippen LogP contribution < -0.4 is 10.5 Å². The van der Waals surface area contributed by atoms with Crippen LogP contribution in [0.5, 0.6) is 11.5 Å². The molecule has 0 aliphatic heterocycles. The van der Waals surface area contributed by atoms with Crippen molar-refractivity contribution < 1.29 is 9.84 Å². The molecule has 0 atom stereocenters. The Morgan fingerprint density at radius 1 is 1.10 bits per heavy atom. The van der Waals surface area contributed by atoms with Gasteiger partial charge in [-0.25, -0.2) is 0 Å². The number of phenols is 1. The van der Waals surface area contributed by atoms with Crippen LogP contribution in [-0.4, -0.2) is 5.11 Å². The van der Waals surface area contributed by atoms with Crippen LogP contribution in [0.1, 0.15) is 11.1 Å². The van der Waals surface area contributed by atoms with E-state index in [9.17, 15) is 5.11 Å². The van der Waals surface area contributed by atoms with E-state index in [0.29, 0.717) is 18.9 Å². The van der Waals surface area contributed by atoms with Crippen molar-refractivity contribution in [3.05, 3.63) is 59.0 Å². The number of aromatic hydroxyl groups is 1. The van der Waals surface area contributed by atoms with Crippen molar-refractivity contribution in [3.8, 4) is 11.5 Å². The predicted molar refractivity (Wildman–Crippen MR) is 82.2 cm³/mol. The molecule has 0 saturated carbocycles. The van der Waals surface area contributed by atoms with Crippen molar-refractivity contribution in [2.45, 2.75) is 13.2 Å². The summed E-state index contributed by atoms with van der Waals surface area (Å²) in [4.78, 5) is 0. The van der Waals surface area contributed by atoms with E-state index in [1.165, 1.54) is 10.1 Å². The molecular formula is C16H15NO2S. The summed E-state index contributed by atoms with van der Waals surface area (Å²) in [6.07, 6.45) is 0. The Morgan fingerprint density at radius 2 is 1.95 bits per heavy atom. The number of ether oxygens (including phenoxy) is 1. The number of hydrogen-bond donors (Lipinski definition) is 2. The lowest BCUT2D eigenvalue weighted by Gasteiger charge is -2.06. The Morgan fingerprint density at radius 3 is 2.75 bits per heavy atom. The summed E-state index contributed by atoms with van der Waals surface area (Å²) in [5, 5.41) is 12.7. The molecule has 3 aromatic rings. The van der Waals surface area contributed by atoms with Gasteiger partial charge in [0.1, 0.15) is 18.1 Å². The van der Waals surface area contributed by atoms with E-state index < -0.39 is 0 Å². The van der Waals surface area contributed by atoms with Gasteiger partial charge in [-0.3, -0.25) is 0 Å². The molecule has 0 unspecified atom stereocenters. The SMILES string of the molecule is NCc1cccc2c(COc3cccc(O)c3)csc12. The van der Waals surface area contributed by atoms with Gasteiger partial charge in [0.05, 0.1) is 0 Å². The fourth-order valence-electron chi connectivity index (χ4n) is 2.18. The van der Waals surface area contributed by atoms with Gasteiger partial charge in [-0.2, -0.15) is 0 Å². The quantitative estimate of drug-likeness (QED) is 0.769. The molecule has 0 spiro atoms. The second kappa shape index (κ2) is 5.53. The van der Waals surface area contributed by atoms with E-state index in [0.717, 1.165) is 11.1 Å². The lowest BCUT2D eigenvalue weighted by atomic mass is 10.1. The molecule has 0 fully saturated rings. The van der Waals surface area contributed by atoms with Crippen molar-refractivity contribution in [1.29, 1.82) is 0 Å². The van der Waals surface area contributed by atoms with Gasteiger partial charge < -0.3 is 15.6 Å². The summed E-state index contributed by atoms with van der Waals surface area (Å²) >= 11 is 1.69. The largest absolute Gasteiger partial charge is 0.508 e. The van der Waals surface area contributed by atoms with E-state index in [-0.39, 0.29) is 5.75 Å².